The van der Waals surface area contributed by atoms with Gasteiger partial charge in [-0.2, -0.15) is 5.10 Å². The summed E-state index contributed by atoms with van der Waals surface area (Å²) in [6.07, 6.45) is 4.85. The van der Waals surface area contributed by atoms with Crippen LogP contribution in [0.15, 0.2) is 36.7 Å². The molecule has 1 unspecified atom stereocenters. The summed E-state index contributed by atoms with van der Waals surface area (Å²) in [7, 11) is 0. The van der Waals surface area contributed by atoms with Gasteiger partial charge in [-0.1, -0.05) is 18.2 Å². The minimum absolute atomic E-state index is 0.0805. The topological polar surface area (TPSA) is 46.9 Å². The Morgan fingerprint density at radius 3 is 2.90 bits per heavy atom. The Balaban J connectivity index is 1.76. The van der Waals surface area contributed by atoms with E-state index in [0.29, 0.717) is 24.9 Å². The fourth-order valence-electron chi connectivity index (χ4n) is 1.99. The number of halogens is 2. The van der Waals surface area contributed by atoms with Crippen LogP contribution in [0.1, 0.15) is 24.9 Å². The molecule has 0 aliphatic heterocycles. The van der Waals surface area contributed by atoms with Crippen LogP contribution < -0.4 is 5.32 Å². The van der Waals surface area contributed by atoms with Crippen LogP contribution in [0.5, 0.6) is 0 Å². The number of nitrogens with one attached hydrogen (secondary N) is 1. The number of aromatic nitrogens is 2. The van der Waals surface area contributed by atoms with Crippen molar-refractivity contribution >= 4 is 28.5 Å². The van der Waals surface area contributed by atoms with E-state index in [0.717, 1.165) is 3.57 Å². The van der Waals surface area contributed by atoms with Crippen molar-refractivity contribution in [3.05, 3.63) is 51.6 Å². The van der Waals surface area contributed by atoms with E-state index in [2.05, 4.69) is 33.0 Å². The first-order valence-electron chi connectivity index (χ1n) is 6.78. The molecule has 0 radical (unpaired) electrons. The summed E-state index contributed by atoms with van der Waals surface area (Å²) in [6.45, 7) is 2.32. The second-order valence-electron chi connectivity index (χ2n) is 4.80. The number of aryl methyl sites for hydroxylation is 1. The molecular formula is C15H17FIN3O. The maximum atomic E-state index is 13.4. The maximum absolute atomic E-state index is 13.4. The molecule has 0 fully saturated rings. The Kier molecular flexibility index (Phi) is 5.72. The molecule has 0 spiro atoms. The van der Waals surface area contributed by atoms with Crippen molar-refractivity contribution in [2.45, 2.75) is 25.8 Å². The third-order valence-corrected chi connectivity index (χ3v) is 3.78. The number of amides is 1. The van der Waals surface area contributed by atoms with Gasteiger partial charge in [-0.25, -0.2) is 4.39 Å². The molecule has 1 aromatic heterocycles. The van der Waals surface area contributed by atoms with E-state index in [1.54, 1.807) is 29.9 Å². The number of hydrogen-bond acceptors (Lipinski definition) is 2. The summed E-state index contributed by atoms with van der Waals surface area (Å²) in [5, 5.41) is 6.98. The molecule has 1 amide bonds. The van der Waals surface area contributed by atoms with Crippen LogP contribution in [0.4, 0.5) is 4.39 Å². The van der Waals surface area contributed by atoms with Gasteiger partial charge in [0.1, 0.15) is 11.9 Å². The summed E-state index contributed by atoms with van der Waals surface area (Å²) < 4.78 is 16.1. The van der Waals surface area contributed by atoms with Crippen molar-refractivity contribution in [3.8, 4) is 0 Å². The highest BCUT2D eigenvalue weighted by Gasteiger charge is 2.14. The van der Waals surface area contributed by atoms with Crippen molar-refractivity contribution in [2.24, 2.45) is 0 Å². The Hall–Kier alpha value is -1.44. The van der Waals surface area contributed by atoms with Crippen LogP contribution in [0.3, 0.4) is 0 Å². The summed E-state index contributed by atoms with van der Waals surface area (Å²) in [6, 6.07) is 6.37. The van der Waals surface area contributed by atoms with Crippen LogP contribution in [-0.4, -0.2) is 22.2 Å². The largest absolute Gasteiger partial charge is 0.354 e. The van der Waals surface area contributed by atoms with Crippen molar-refractivity contribution in [1.82, 2.24) is 15.1 Å². The molecule has 0 saturated carbocycles. The Morgan fingerprint density at radius 1 is 1.48 bits per heavy atom. The SMILES string of the molecule is CC(C(=O)NCCCc1ccccc1F)n1cc(I)cn1. The monoisotopic (exact) mass is 401 g/mol. The molecular weight excluding hydrogens is 384 g/mol. The summed E-state index contributed by atoms with van der Waals surface area (Å²) >= 11 is 2.15. The number of rotatable bonds is 6. The van der Waals surface area contributed by atoms with E-state index in [1.807, 2.05) is 12.3 Å². The van der Waals surface area contributed by atoms with Gasteiger partial charge in [-0.3, -0.25) is 9.48 Å². The predicted molar refractivity (Wildman–Crippen MR) is 87.4 cm³/mol. The van der Waals surface area contributed by atoms with Crippen molar-refractivity contribution in [2.75, 3.05) is 6.54 Å². The van der Waals surface area contributed by atoms with Gasteiger partial charge in [0.25, 0.3) is 0 Å². The lowest BCUT2D eigenvalue weighted by Crippen LogP contribution is -2.32. The lowest BCUT2D eigenvalue weighted by atomic mass is 10.1. The average Bonchev–Trinajstić information content (AvgIpc) is 2.91. The Labute approximate surface area is 136 Å². The van der Waals surface area contributed by atoms with E-state index in [-0.39, 0.29) is 17.8 Å². The third kappa shape index (κ3) is 4.52. The minimum Gasteiger partial charge on any atom is -0.354 e. The van der Waals surface area contributed by atoms with E-state index < -0.39 is 0 Å². The van der Waals surface area contributed by atoms with Gasteiger partial charge in [-0.05, 0) is 54.0 Å². The van der Waals surface area contributed by atoms with Crippen LogP contribution in [0, 0.1) is 9.39 Å². The van der Waals surface area contributed by atoms with Gasteiger partial charge in [0, 0.05) is 12.7 Å². The average molecular weight is 401 g/mol. The van der Waals surface area contributed by atoms with Gasteiger partial charge in [-0.15, -0.1) is 0 Å². The first-order valence-corrected chi connectivity index (χ1v) is 7.86. The highest BCUT2D eigenvalue weighted by Crippen LogP contribution is 2.10. The maximum Gasteiger partial charge on any atom is 0.244 e. The molecule has 112 valence electrons. The smallest absolute Gasteiger partial charge is 0.244 e. The summed E-state index contributed by atoms with van der Waals surface area (Å²) in [5.74, 6) is -0.272. The zero-order valence-electron chi connectivity index (χ0n) is 11.7. The first-order chi connectivity index (χ1) is 10.1. The number of benzene rings is 1. The molecule has 2 aromatic rings. The standard InChI is InChI=1S/C15H17FIN3O/c1-11(20-10-13(17)9-19-20)15(21)18-8-4-6-12-5-2-3-7-14(12)16/h2-3,5,7,9-11H,4,6,8H2,1H3,(H,18,21). The van der Waals surface area contributed by atoms with E-state index in [1.165, 1.54) is 6.07 Å². The number of carbonyl (C=O) groups excluding carboxylic acids is 1. The van der Waals surface area contributed by atoms with E-state index >= 15 is 0 Å². The molecule has 6 heteroatoms. The molecule has 0 aliphatic carbocycles. The minimum atomic E-state index is -0.345. The number of hydrogen-bond donors (Lipinski definition) is 1. The van der Waals surface area contributed by atoms with Crippen molar-refractivity contribution in [1.29, 1.82) is 0 Å². The third-order valence-electron chi connectivity index (χ3n) is 3.23. The second kappa shape index (κ2) is 7.53. The van der Waals surface area contributed by atoms with Gasteiger partial charge in [0.15, 0.2) is 0 Å². The molecule has 1 aromatic carbocycles. The molecule has 1 N–H and O–H groups in total. The van der Waals surface area contributed by atoms with E-state index in [4.69, 9.17) is 0 Å². The van der Waals surface area contributed by atoms with Gasteiger partial charge in [0.05, 0.1) is 9.77 Å². The van der Waals surface area contributed by atoms with Crippen LogP contribution in [-0.2, 0) is 11.2 Å². The molecule has 4 nitrogen and oxygen atoms in total. The normalized spacial score (nSPS) is 12.1. The summed E-state index contributed by atoms with van der Waals surface area (Å²) in [4.78, 5) is 12.0. The predicted octanol–water partition coefficient (Wildman–Crippen LogP) is 2.94. The second-order valence-corrected chi connectivity index (χ2v) is 6.05. The molecule has 1 atom stereocenters. The molecule has 0 saturated heterocycles. The Morgan fingerprint density at radius 2 is 2.24 bits per heavy atom. The molecule has 0 bridgehead atoms. The van der Waals surface area contributed by atoms with Crippen molar-refractivity contribution in [3.63, 3.8) is 0 Å². The number of carbonyl (C=O) groups is 1. The van der Waals surface area contributed by atoms with Crippen LogP contribution in [0.25, 0.3) is 0 Å². The fourth-order valence-corrected chi connectivity index (χ4v) is 2.40. The zero-order valence-corrected chi connectivity index (χ0v) is 13.9. The van der Waals surface area contributed by atoms with Crippen LogP contribution in [0.2, 0.25) is 0 Å². The fraction of sp³-hybridized carbons (Fsp3) is 0.333. The van der Waals surface area contributed by atoms with Gasteiger partial charge >= 0.3 is 0 Å². The quantitative estimate of drug-likeness (QED) is 0.598. The van der Waals surface area contributed by atoms with Crippen LogP contribution >= 0.6 is 22.6 Å². The summed E-state index contributed by atoms with van der Waals surface area (Å²) in [5.41, 5.74) is 0.682. The van der Waals surface area contributed by atoms with E-state index in [9.17, 15) is 9.18 Å². The van der Waals surface area contributed by atoms with Gasteiger partial charge < -0.3 is 5.32 Å². The first kappa shape index (κ1) is 15.9. The number of nitrogens with zero attached hydrogens (tertiary/aromatic N) is 2. The molecule has 21 heavy (non-hydrogen) atoms. The highest BCUT2D eigenvalue weighted by atomic mass is 127. The lowest BCUT2D eigenvalue weighted by Gasteiger charge is -2.12. The lowest BCUT2D eigenvalue weighted by molar-refractivity contribution is -0.124. The molecule has 2 rings (SSSR count). The highest BCUT2D eigenvalue weighted by molar-refractivity contribution is 14.1. The molecule has 1 heterocycles. The zero-order chi connectivity index (χ0) is 15.2. The Bertz CT molecular complexity index is 614. The molecule has 0 aliphatic rings. The van der Waals surface area contributed by atoms with Gasteiger partial charge in [0.2, 0.25) is 5.91 Å². The van der Waals surface area contributed by atoms with Crippen molar-refractivity contribution < 1.29 is 9.18 Å².